The summed E-state index contributed by atoms with van der Waals surface area (Å²) in [6.07, 6.45) is 11.3. The molecule has 16 atom stereocenters. The molecule has 9 saturated heterocycles. The smallest absolute Gasteiger partial charge is 0.220 e. The molecule has 11 fully saturated rings. The van der Waals surface area contributed by atoms with Gasteiger partial charge in [0.1, 0.15) is 0 Å². The maximum absolute atomic E-state index is 13.0. The maximum atomic E-state index is 13.0. The molecule has 9 aliphatic heterocycles. The third-order valence-corrected chi connectivity index (χ3v) is 17.3. The summed E-state index contributed by atoms with van der Waals surface area (Å²) < 4.78 is 26.4. The van der Waals surface area contributed by atoms with Gasteiger partial charge in [-0.3, -0.25) is 9.59 Å². The van der Waals surface area contributed by atoms with E-state index in [0.29, 0.717) is 62.4 Å². The summed E-state index contributed by atoms with van der Waals surface area (Å²) in [5, 5.41) is 6.34. The Hall–Kier alpha value is -1.46. The highest BCUT2D eigenvalue weighted by atomic mass is 17.3. The molecular formula is C46H76N4O10. The van der Waals surface area contributed by atoms with Crippen LogP contribution in [0.2, 0.25) is 0 Å². The van der Waals surface area contributed by atoms with Crippen LogP contribution >= 0.6 is 0 Å². The summed E-state index contributed by atoms with van der Waals surface area (Å²) in [4.78, 5) is 55.4. The lowest BCUT2D eigenvalue weighted by Gasteiger charge is -2.60. The van der Waals surface area contributed by atoms with Gasteiger partial charge in [-0.15, -0.1) is 0 Å². The monoisotopic (exact) mass is 845 g/mol. The standard InChI is InChI=1S/C46H76N4O10/c1-29-9-11-35-31(3)37(53-41-45(35)33(29)17-19-43(5,55-41)57-59-45)13-15-39(51)47-21-7-23-49-25-27-50(28-26-49)24-8-22-48-40(52)16-14-38-32(4)36-12-10-30(2)34-18-20-44(6)56-42(54-38)46(34,36)60-58-44/h29-38,41-42H,7-28H2,1-6H3,(H,47,51)(H,48,52)/t29-,30-,31-,32-,33+,34+,35+,36+,37?,38?,41+,42+,43+,44+,45-,46-/m1/s1. The number of hydrogen-bond acceptors (Lipinski definition) is 12. The first-order chi connectivity index (χ1) is 28.8. The second-order valence-electron chi connectivity index (χ2n) is 21.1. The second kappa shape index (κ2) is 17.5. The minimum atomic E-state index is -0.780. The van der Waals surface area contributed by atoms with Gasteiger partial charge in [0.15, 0.2) is 23.8 Å². The van der Waals surface area contributed by atoms with Gasteiger partial charge in [-0.05, 0) is 127 Å². The summed E-state index contributed by atoms with van der Waals surface area (Å²) >= 11 is 0. The molecule has 60 heavy (non-hydrogen) atoms. The topological polar surface area (TPSA) is 139 Å². The van der Waals surface area contributed by atoms with Gasteiger partial charge in [0, 0.05) is 76.8 Å². The van der Waals surface area contributed by atoms with Crippen molar-refractivity contribution in [3.8, 4) is 0 Å². The van der Waals surface area contributed by atoms with Gasteiger partial charge in [0.05, 0.1) is 12.2 Å². The Kier molecular flexibility index (Phi) is 12.8. The van der Waals surface area contributed by atoms with E-state index in [-0.39, 0.29) is 47.7 Å². The minimum Gasteiger partial charge on any atom is -0.356 e. The first kappa shape index (κ1) is 43.8. The van der Waals surface area contributed by atoms with Crippen LogP contribution in [-0.2, 0) is 48.1 Å². The van der Waals surface area contributed by atoms with Crippen LogP contribution in [0, 0.1) is 47.3 Å². The fourth-order valence-corrected chi connectivity index (χ4v) is 13.6. The zero-order valence-corrected chi connectivity index (χ0v) is 37.5. The van der Waals surface area contributed by atoms with Gasteiger partial charge < -0.3 is 39.4 Å². The quantitative estimate of drug-likeness (QED) is 0.165. The van der Waals surface area contributed by atoms with E-state index in [1.807, 2.05) is 13.8 Å². The van der Waals surface area contributed by atoms with Crippen LogP contribution in [-0.4, -0.2) is 122 Å². The number of nitrogens with one attached hydrogen (secondary N) is 2. The van der Waals surface area contributed by atoms with Crippen molar-refractivity contribution in [1.29, 1.82) is 0 Å². The molecule has 2 unspecified atom stereocenters. The molecule has 11 aliphatic rings. The fourth-order valence-electron chi connectivity index (χ4n) is 13.6. The third-order valence-electron chi connectivity index (χ3n) is 17.3. The lowest BCUT2D eigenvalue weighted by atomic mass is 9.57. The number of nitrogens with zero attached hydrogens (tertiary/aromatic N) is 2. The van der Waals surface area contributed by atoms with Crippen LogP contribution < -0.4 is 10.6 Å². The van der Waals surface area contributed by atoms with Crippen molar-refractivity contribution in [3.63, 3.8) is 0 Å². The second-order valence-corrected chi connectivity index (χ2v) is 21.1. The van der Waals surface area contributed by atoms with E-state index in [1.54, 1.807) is 0 Å². The molecule has 2 aliphatic carbocycles. The molecule has 0 aromatic heterocycles. The Balaban J connectivity index is 0.629. The summed E-state index contributed by atoms with van der Waals surface area (Å²) in [6, 6.07) is 0. The highest BCUT2D eigenvalue weighted by Crippen LogP contribution is 2.62. The van der Waals surface area contributed by atoms with Crippen molar-refractivity contribution < 1.29 is 48.1 Å². The van der Waals surface area contributed by atoms with E-state index in [9.17, 15) is 9.59 Å². The third kappa shape index (κ3) is 8.12. The van der Waals surface area contributed by atoms with Gasteiger partial charge in [-0.2, -0.15) is 0 Å². The van der Waals surface area contributed by atoms with Crippen molar-refractivity contribution >= 4 is 11.8 Å². The van der Waals surface area contributed by atoms with Crippen LogP contribution in [0.25, 0.3) is 0 Å². The Bertz CT molecular complexity index is 1430. The number of hydrogen-bond donors (Lipinski definition) is 2. The molecule has 11 rings (SSSR count). The van der Waals surface area contributed by atoms with E-state index in [2.05, 4.69) is 48.1 Å². The number of fused-ring (bicyclic) bond motifs is 4. The Labute approximate surface area is 358 Å². The molecule has 9 heterocycles. The van der Waals surface area contributed by atoms with Crippen LogP contribution in [0.3, 0.4) is 0 Å². The molecule has 2 spiro atoms. The van der Waals surface area contributed by atoms with Crippen LogP contribution in [0.5, 0.6) is 0 Å². The molecule has 0 radical (unpaired) electrons. The van der Waals surface area contributed by atoms with E-state index in [4.69, 9.17) is 38.5 Å². The van der Waals surface area contributed by atoms with Gasteiger partial charge in [-0.1, -0.05) is 27.7 Å². The van der Waals surface area contributed by atoms with E-state index in [1.165, 1.54) is 12.8 Å². The minimum absolute atomic E-state index is 0.0458. The molecule has 14 heteroatoms. The maximum Gasteiger partial charge on any atom is 0.220 e. The van der Waals surface area contributed by atoms with Gasteiger partial charge in [0.2, 0.25) is 23.4 Å². The van der Waals surface area contributed by atoms with Gasteiger partial charge in [-0.25, -0.2) is 19.6 Å². The highest BCUT2D eigenvalue weighted by Gasteiger charge is 2.70. The molecule has 2 amide bonds. The average Bonchev–Trinajstić information content (AvgIpc) is 3.61. The molecule has 14 nitrogen and oxygen atoms in total. The van der Waals surface area contributed by atoms with Gasteiger partial charge >= 0.3 is 0 Å². The molecule has 2 N–H and O–H groups in total. The Morgan fingerprint density at radius 1 is 0.567 bits per heavy atom. The number of amides is 2. The molecule has 4 bridgehead atoms. The molecule has 0 aromatic rings. The fraction of sp³-hybridized carbons (Fsp3) is 0.957. The predicted octanol–water partition coefficient (Wildman–Crippen LogP) is 5.68. The summed E-state index contributed by atoms with van der Waals surface area (Å²) in [5.41, 5.74) is -1.11. The van der Waals surface area contributed by atoms with Crippen LogP contribution in [0.1, 0.15) is 131 Å². The number of ether oxygens (including phenoxy) is 4. The molecule has 0 aromatic carbocycles. The van der Waals surface area contributed by atoms with Crippen molar-refractivity contribution in [1.82, 2.24) is 20.4 Å². The largest absolute Gasteiger partial charge is 0.356 e. The van der Waals surface area contributed by atoms with E-state index < -0.39 is 35.4 Å². The Morgan fingerprint density at radius 2 is 0.983 bits per heavy atom. The van der Waals surface area contributed by atoms with Crippen LogP contribution in [0.4, 0.5) is 0 Å². The summed E-state index contributed by atoms with van der Waals surface area (Å²) in [7, 11) is 0. The van der Waals surface area contributed by atoms with E-state index >= 15 is 0 Å². The zero-order chi connectivity index (χ0) is 41.9. The number of carbonyl (C=O) groups excluding carboxylic acids is 2. The van der Waals surface area contributed by atoms with Crippen molar-refractivity contribution in [2.24, 2.45) is 47.3 Å². The lowest BCUT2D eigenvalue weighted by Crippen LogP contribution is -2.70. The summed E-state index contributed by atoms with van der Waals surface area (Å²) in [5.74, 6) is 1.50. The predicted molar refractivity (Wildman–Crippen MR) is 220 cm³/mol. The summed E-state index contributed by atoms with van der Waals surface area (Å²) in [6.45, 7) is 20.6. The Morgan fingerprint density at radius 3 is 1.40 bits per heavy atom. The van der Waals surface area contributed by atoms with Crippen LogP contribution in [0.15, 0.2) is 0 Å². The normalized spacial score (nSPS) is 47.4. The molecule has 2 saturated carbocycles. The van der Waals surface area contributed by atoms with Gasteiger partial charge in [0.25, 0.3) is 0 Å². The molecular weight excluding hydrogens is 769 g/mol. The highest BCUT2D eigenvalue weighted by molar-refractivity contribution is 5.76. The average molecular weight is 845 g/mol. The van der Waals surface area contributed by atoms with E-state index in [0.717, 1.165) is 90.6 Å². The lowest BCUT2D eigenvalue weighted by molar-refractivity contribution is -0.571. The number of rotatable bonds is 14. The first-order valence-electron chi connectivity index (χ1n) is 24.2. The molecule has 340 valence electrons. The zero-order valence-electron chi connectivity index (χ0n) is 37.5. The van der Waals surface area contributed by atoms with Crippen molar-refractivity contribution in [2.75, 3.05) is 52.4 Å². The number of carbonyl (C=O) groups is 2. The first-order valence-corrected chi connectivity index (χ1v) is 24.2. The number of piperazine rings is 1. The SMILES string of the molecule is C[C@@H]1CC[C@H]2[C@@H](C)C(CCC(=O)NCCCN3CCN(CCCNC(=O)CCC4O[C@H]5O[C@]6(C)CC[C@H]7[C@H](C)CC[C@@H]([C@H]4C)[C@@]57OO6)CC3)O[C@H]3O[C@]4(C)CC[C@@H]1[C@]32OO4. The van der Waals surface area contributed by atoms with Crippen molar-refractivity contribution in [2.45, 2.75) is 179 Å². The van der Waals surface area contributed by atoms with Crippen molar-refractivity contribution in [3.05, 3.63) is 0 Å².